The van der Waals surface area contributed by atoms with Crippen LogP contribution in [0.25, 0.3) is 0 Å². The van der Waals surface area contributed by atoms with Gasteiger partial charge in [0.15, 0.2) is 0 Å². The van der Waals surface area contributed by atoms with Gasteiger partial charge in [-0.25, -0.2) is 4.39 Å². The molecule has 2 N–H and O–H groups in total. The molecule has 1 unspecified atom stereocenters. The second-order valence-electron chi connectivity index (χ2n) is 2.68. The van der Waals surface area contributed by atoms with Crippen molar-refractivity contribution in [1.82, 2.24) is 0 Å². The lowest BCUT2D eigenvalue weighted by Gasteiger charge is -2.08. The quantitative estimate of drug-likeness (QED) is 0.733. The first kappa shape index (κ1) is 9.00. The lowest BCUT2D eigenvalue weighted by Crippen LogP contribution is -2.07. The fourth-order valence-corrected chi connectivity index (χ4v) is 0.998. The van der Waals surface area contributed by atoms with Crippen molar-refractivity contribution in [1.29, 1.82) is 0 Å². The predicted octanol–water partition coefficient (Wildman–Crippen LogP) is 1.85. The van der Waals surface area contributed by atoms with Gasteiger partial charge >= 0.3 is 0 Å². The van der Waals surface area contributed by atoms with Crippen LogP contribution in [0.3, 0.4) is 0 Å². The maximum absolute atomic E-state index is 13.0. The third-order valence-electron chi connectivity index (χ3n) is 1.69. The average molecular weight is 169 g/mol. The van der Waals surface area contributed by atoms with E-state index in [4.69, 9.17) is 10.5 Å². The summed E-state index contributed by atoms with van der Waals surface area (Å²) in [6, 6.07) is 4.23. The molecule has 0 saturated carbocycles. The van der Waals surface area contributed by atoms with Crippen molar-refractivity contribution in [3.05, 3.63) is 29.6 Å². The topological polar surface area (TPSA) is 35.2 Å². The van der Waals surface area contributed by atoms with Crippen LogP contribution in [-0.4, -0.2) is 7.11 Å². The van der Waals surface area contributed by atoms with Crippen molar-refractivity contribution in [2.75, 3.05) is 7.11 Å². The number of benzene rings is 1. The molecule has 0 saturated heterocycles. The van der Waals surface area contributed by atoms with E-state index in [1.54, 1.807) is 19.1 Å². The van der Waals surface area contributed by atoms with E-state index in [0.29, 0.717) is 11.3 Å². The molecule has 0 fully saturated rings. The molecule has 1 rings (SSSR count). The molecule has 0 spiro atoms. The van der Waals surface area contributed by atoms with Crippen molar-refractivity contribution in [2.24, 2.45) is 5.73 Å². The molecule has 0 aromatic heterocycles. The van der Waals surface area contributed by atoms with E-state index in [-0.39, 0.29) is 11.9 Å². The third kappa shape index (κ3) is 1.74. The fourth-order valence-electron chi connectivity index (χ4n) is 0.998. The molecule has 0 amide bonds. The Morgan fingerprint density at radius 3 is 2.67 bits per heavy atom. The van der Waals surface area contributed by atoms with Crippen LogP contribution in [-0.2, 0) is 0 Å². The van der Waals surface area contributed by atoms with Crippen LogP contribution in [0.4, 0.5) is 4.39 Å². The maximum atomic E-state index is 13.0. The third-order valence-corrected chi connectivity index (χ3v) is 1.69. The molecule has 3 heteroatoms. The van der Waals surface area contributed by atoms with Gasteiger partial charge in [-0.05, 0) is 25.1 Å². The standard InChI is InChI=1S/C9H12FNO/c1-6(11)8-5-7(12-2)3-4-9(8)10/h3-6H,11H2,1-2H3. The summed E-state index contributed by atoms with van der Waals surface area (Å²) in [6.07, 6.45) is 0. The number of halogens is 1. The highest BCUT2D eigenvalue weighted by molar-refractivity contribution is 5.31. The predicted molar refractivity (Wildman–Crippen MR) is 45.6 cm³/mol. The number of hydrogen-bond donors (Lipinski definition) is 1. The minimum absolute atomic E-state index is 0.286. The normalized spacial score (nSPS) is 12.7. The van der Waals surface area contributed by atoms with E-state index in [1.807, 2.05) is 0 Å². The summed E-state index contributed by atoms with van der Waals surface area (Å²) in [6.45, 7) is 1.73. The van der Waals surface area contributed by atoms with Gasteiger partial charge in [0.2, 0.25) is 0 Å². The summed E-state index contributed by atoms with van der Waals surface area (Å²) in [5, 5.41) is 0. The van der Waals surface area contributed by atoms with Gasteiger partial charge in [0, 0.05) is 11.6 Å². The molecule has 1 atom stereocenters. The van der Waals surface area contributed by atoms with Crippen molar-refractivity contribution in [3.63, 3.8) is 0 Å². The van der Waals surface area contributed by atoms with Gasteiger partial charge in [-0.2, -0.15) is 0 Å². The van der Waals surface area contributed by atoms with Gasteiger partial charge in [-0.3, -0.25) is 0 Å². The Hall–Kier alpha value is -1.09. The van der Waals surface area contributed by atoms with Gasteiger partial charge in [-0.1, -0.05) is 0 Å². The molecule has 0 aliphatic heterocycles. The lowest BCUT2D eigenvalue weighted by molar-refractivity contribution is 0.412. The van der Waals surface area contributed by atoms with Gasteiger partial charge in [0.1, 0.15) is 11.6 Å². The zero-order chi connectivity index (χ0) is 9.14. The monoisotopic (exact) mass is 169 g/mol. The molecule has 12 heavy (non-hydrogen) atoms. The molecule has 0 aliphatic rings. The van der Waals surface area contributed by atoms with Crippen molar-refractivity contribution in [2.45, 2.75) is 13.0 Å². The molecule has 0 bridgehead atoms. The van der Waals surface area contributed by atoms with Gasteiger partial charge in [0.25, 0.3) is 0 Å². The molecular weight excluding hydrogens is 157 g/mol. The summed E-state index contributed by atoms with van der Waals surface area (Å²) >= 11 is 0. The summed E-state index contributed by atoms with van der Waals surface area (Å²) in [5.41, 5.74) is 6.02. The number of hydrogen-bond acceptors (Lipinski definition) is 2. The van der Waals surface area contributed by atoms with Crippen molar-refractivity contribution < 1.29 is 9.13 Å². The second-order valence-corrected chi connectivity index (χ2v) is 2.68. The van der Waals surface area contributed by atoms with Crippen LogP contribution in [0.2, 0.25) is 0 Å². The Labute approximate surface area is 71.1 Å². The molecule has 0 radical (unpaired) electrons. The number of rotatable bonds is 2. The second kappa shape index (κ2) is 3.54. The van der Waals surface area contributed by atoms with Crippen LogP contribution < -0.4 is 10.5 Å². The van der Waals surface area contributed by atoms with E-state index in [0.717, 1.165) is 0 Å². The Balaban J connectivity index is 3.08. The Morgan fingerprint density at radius 1 is 1.50 bits per heavy atom. The van der Waals surface area contributed by atoms with Crippen molar-refractivity contribution >= 4 is 0 Å². The van der Waals surface area contributed by atoms with Crippen LogP contribution in [0, 0.1) is 5.82 Å². The molecule has 2 nitrogen and oxygen atoms in total. The van der Waals surface area contributed by atoms with Gasteiger partial charge in [-0.15, -0.1) is 0 Å². The van der Waals surface area contributed by atoms with Crippen LogP contribution >= 0.6 is 0 Å². The highest BCUT2D eigenvalue weighted by atomic mass is 19.1. The van der Waals surface area contributed by atoms with E-state index >= 15 is 0 Å². The summed E-state index contributed by atoms with van der Waals surface area (Å²) in [5.74, 6) is 0.342. The highest BCUT2D eigenvalue weighted by Crippen LogP contribution is 2.20. The summed E-state index contributed by atoms with van der Waals surface area (Å²) in [7, 11) is 1.54. The van der Waals surface area contributed by atoms with E-state index in [1.165, 1.54) is 13.2 Å². The fraction of sp³-hybridized carbons (Fsp3) is 0.333. The zero-order valence-corrected chi connectivity index (χ0v) is 7.17. The lowest BCUT2D eigenvalue weighted by atomic mass is 10.1. The Kier molecular flexibility index (Phi) is 2.65. The molecule has 0 aliphatic carbocycles. The molecule has 1 aromatic rings. The van der Waals surface area contributed by atoms with Crippen LogP contribution in [0.5, 0.6) is 5.75 Å². The van der Waals surface area contributed by atoms with Crippen molar-refractivity contribution in [3.8, 4) is 5.75 Å². The number of ether oxygens (including phenoxy) is 1. The minimum Gasteiger partial charge on any atom is -0.497 e. The maximum Gasteiger partial charge on any atom is 0.128 e. The van der Waals surface area contributed by atoms with E-state index in [2.05, 4.69) is 0 Å². The minimum atomic E-state index is -0.305. The smallest absolute Gasteiger partial charge is 0.128 e. The summed E-state index contributed by atoms with van der Waals surface area (Å²) < 4.78 is 18.0. The highest BCUT2D eigenvalue weighted by Gasteiger charge is 2.07. The van der Waals surface area contributed by atoms with E-state index < -0.39 is 0 Å². The Morgan fingerprint density at radius 2 is 2.17 bits per heavy atom. The van der Waals surface area contributed by atoms with E-state index in [9.17, 15) is 4.39 Å². The van der Waals surface area contributed by atoms with Gasteiger partial charge in [0.05, 0.1) is 7.11 Å². The SMILES string of the molecule is COc1ccc(F)c(C(C)N)c1. The molecule has 0 heterocycles. The largest absolute Gasteiger partial charge is 0.497 e. The van der Waals surface area contributed by atoms with Crippen LogP contribution in [0.1, 0.15) is 18.5 Å². The first-order chi connectivity index (χ1) is 5.65. The average Bonchev–Trinajstić information content (AvgIpc) is 2.05. The first-order valence-corrected chi connectivity index (χ1v) is 3.74. The number of nitrogens with two attached hydrogens (primary N) is 1. The molecule has 66 valence electrons. The Bertz CT molecular complexity index is 273. The molecular formula is C9H12FNO. The zero-order valence-electron chi connectivity index (χ0n) is 7.17. The van der Waals surface area contributed by atoms with Crippen LogP contribution in [0.15, 0.2) is 18.2 Å². The number of methoxy groups -OCH3 is 1. The summed E-state index contributed by atoms with van der Waals surface area (Å²) in [4.78, 5) is 0. The van der Waals surface area contributed by atoms with Gasteiger partial charge < -0.3 is 10.5 Å². The first-order valence-electron chi connectivity index (χ1n) is 3.74. The molecule has 1 aromatic carbocycles.